The largest absolute Gasteiger partial charge is 0.365 e. The molecule has 0 aromatic heterocycles. The van der Waals surface area contributed by atoms with E-state index in [0.29, 0.717) is 5.41 Å². The molecule has 0 atom stereocenters. The van der Waals surface area contributed by atoms with Crippen molar-refractivity contribution in [1.29, 1.82) is 0 Å². The molecule has 0 bridgehead atoms. The number of nitrogens with zero attached hydrogens (tertiary/aromatic N) is 1. The highest BCUT2D eigenvalue weighted by atomic mass is 32.2. The molecule has 3 heteroatoms. The first-order valence-electron chi connectivity index (χ1n) is 7.81. The third-order valence-electron chi connectivity index (χ3n) is 4.52. The summed E-state index contributed by atoms with van der Waals surface area (Å²) < 4.78 is 0. The average molecular weight is 288 g/mol. The van der Waals surface area contributed by atoms with Crippen molar-refractivity contribution in [3.63, 3.8) is 0 Å². The van der Waals surface area contributed by atoms with Crippen LogP contribution in [0.15, 0.2) is 35.3 Å². The Bertz CT molecular complexity index is 449. The van der Waals surface area contributed by atoms with Gasteiger partial charge in [-0.2, -0.15) is 0 Å². The third-order valence-corrected chi connectivity index (χ3v) is 5.82. The second-order valence-electron chi connectivity index (χ2n) is 6.13. The Kier molecular flexibility index (Phi) is 4.66. The number of aliphatic imine (C=N–C) groups is 1. The first-order chi connectivity index (χ1) is 9.86. The molecule has 1 aromatic rings. The molecule has 1 saturated carbocycles. The van der Waals surface area contributed by atoms with Gasteiger partial charge >= 0.3 is 0 Å². The van der Waals surface area contributed by atoms with Crippen LogP contribution in [-0.2, 0) is 6.42 Å². The second kappa shape index (κ2) is 6.66. The van der Waals surface area contributed by atoms with Crippen LogP contribution in [0.5, 0.6) is 0 Å². The van der Waals surface area contributed by atoms with Crippen LogP contribution in [-0.4, -0.2) is 24.0 Å². The van der Waals surface area contributed by atoms with Crippen molar-refractivity contribution in [2.45, 2.75) is 38.5 Å². The van der Waals surface area contributed by atoms with Gasteiger partial charge in [-0.1, -0.05) is 61.4 Å². The van der Waals surface area contributed by atoms with Gasteiger partial charge in [-0.25, -0.2) is 0 Å². The Hall–Kier alpha value is -0.960. The Labute approximate surface area is 126 Å². The molecule has 2 aliphatic rings. The van der Waals surface area contributed by atoms with Gasteiger partial charge in [0, 0.05) is 18.8 Å². The van der Waals surface area contributed by atoms with Gasteiger partial charge < -0.3 is 5.32 Å². The summed E-state index contributed by atoms with van der Waals surface area (Å²) in [5, 5.41) is 4.67. The molecule has 1 fully saturated rings. The zero-order valence-electron chi connectivity index (χ0n) is 12.1. The van der Waals surface area contributed by atoms with Gasteiger partial charge in [0.05, 0.1) is 0 Å². The molecule has 3 rings (SSSR count). The van der Waals surface area contributed by atoms with E-state index in [4.69, 9.17) is 4.99 Å². The molecule has 1 heterocycles. The number of hydrogen-bond acceptors (Lipinski definition) is 3. The lowest BCUT2D eigenvalue weighted by atomic mass is 9.75. The highest BCUT2D eigenvalue weighted by Crippen LogP contribution is 2.41. The lowest BCUT2D eigenvalue weighted by molar-refractivity contribution is 0.232. The van der Waals surface area contributed by atoms with Crippen LogP contribution < -0.4 is 5.32 Å². The van der Waals surface area contributed by atoms with E-state index < -0.39 is 0 Å². The summed E-state index contributed by atoms with van der Waals surface area (Å²) in [5.74, 6) is 1.27. The summed E-state index contributed by atoms with van der Waals surface area (Å²) in [6.45, 7) is 2.04. The maximum Gasteiger partial charge on any atom is 0.156 e. The SMILES string of the molecule is c1ccc(CCNC2=NCC3(CCCCC3)CS2)cc1. The monoisotopic (exact) mass is 288 g/mol. The number of benzene rings is 1. The van der Waals surface area contributed by atoms with Crippen LogP contribution in [0.3, 0.4) is 0 Å². The maximum atomic E-state index is 4.81. The maximum absolute atomic E-state index is 4.81. The number of rotatable bonds is 3. The fraction of sp³-hybridized carbons (Fsp3) is 0.588. The van der Waals surface area contributed by atoms with Crippen molar-refractivity contribution >= 4 is 16.9 Å². The van der Waals surface area contributed by atoms with Gasteiger partial charge in [0.2, 0.25) is 0 Å². The minimum atomic E-state index is 0.535. The highest BCUT2D eigenvalue weighted by Gasteiger charge is 2.34. The van der Waals surface area contributed by atoms with Crippen LogP contribution in [0.2, 0.25) is 0 Å². The summed E-state index contributed by atoms with van der Waals surface area (Å²) in [6, 6.07) is 10.7. The molecule has 0 radical (unpaired) electrons. The zero-order chi connectivity index (χ0) is 13.7. The fourth-order valence-electron chi connectivity index (χ4n) is 3.22. The zero-order valence-corrected chi connectivity index (χ0v) is 12.9. The van der Waals surface area contributed by atoms with E-state index in [-0.39, 0.29) is 0 Å². The van der Waals surface area contributed by atoms with E-state index in [1.165, 1.54) is 43.4 Å². The normalized spacial score (nSPS) is 21.5. The van der Waals surface area contributed by atoms with E-state index in [9.17, 15) is 0 Å². The van der Waals surface area contributed by atoms with Crippen LogP contribution in [0.1, 0.15) is 37.7 Å². The molecule has 1 aliphatic carbocycles. The average Bonchev–Trinajstić information content (AvgIpc) is 2.52. The van der Waals surface area contributed by atoms with Crippen molar-refractivity contribution in [2.75, 3.05) is 18.8 Å². The summed E-state index contributed by atoms with van der Waals surface area (Å²) in [5.41, 5.74) is 1.93. The molecular weight excluding hydrogens is 264 g/mol. The topological polar surface area (TPSA) is 24.4 Å². The molecular formula is C17H24N2S. The molecule has 0 amide bonds. The minimum Gasteiger partial charge on any atom is -0.365 e. The summed E-state index contributed by atoms with van der Waals surface area (Å²) >= 11 is 1.94. The van der Waals surface area contributed by atoms with E-state index in [2.05, 4.69) is 35.6 Å². The van der Waals surface area contributed by atoms with E-state index >= 15 is 0 Å². The van der Waals surface area contributed by atoms with Gasteiger partial charge in [-0.15, -0.1) is 0 Å². The fourth-order valence-corrected chi connectivity index (χ4v) is 4.40. The Morgan fingerprint density at radius 3 is 2.60 bits per heavy atom. The Morgan fingerprint density at radius 2 is 1.90 bits per heavy atom. The van der Waals surface area contributed by atoms with Gasteiger partial charge in [0.25, 0.3) is 0 Å². The highest BCUT2D eigenvalue weighted by molar-refractivity contribution is 8.13. The predicted molar refractivity (Wildman–Crippen MR) is 88.4 cm³/mol. The Balaban J connectivity index is 1.45. The standard InChI is InChI=1S/C17H24N2S/c1-3-7-15(8-4-1)9-12-18-16-19-13-17(14-20-16)10-5-2-6-11-17/h1,3-4,7-8H,2,5-6,9-14H2,(H,18,19). The van der Waals surface area contributed by atoms with Crippen LogP contribution in [0.4, 0.5) is 0 Å². The molecule has 0 saturated heterocycles. The first kappa shape index (κ1) is 14.0. The molecule has 1 N–H and O–H groups in total. The second-order valence-corrected chi connectivity index (χ2v) is 7.10. The van der Waals surface area contributed by atoms with Crippen molar-refractivity contribution in [3.05, 3.63) is 35.9 Å². The van der Waals surface area contributed by atoms with Gasteiger partial charge in [-0.05, 0) is 30.2 Å². The van der Waals surface area contributed by atoms with E-state index in [1.54, 1.807) is 0 Å². The smallest absolute Gasteiger partial charge is 0.156 e. The number of nitrogens with one attached hydrogen (secondary N) is 1. The summed E-state index contributed by atoms with van der Waals surface area (Å²) in [7, 11) is 0. The van der Waals surface area contributed by atoms with E-state index in [0.717, 1.165) is 24.7 Å². The molecule has 20 heavy (non-hydrogen) atoms. The molecule has 1 aromatic carbocycles. The summed E-state index contributed by atoms with van der Waals surface area (Å²) in [6.07, 6.45) is 8.10. The van der Waals surface area contributed by atoms with Crippen molar-refractivity contribution < 1.29 is 0 Å². The van der Waals surface area contributed by atoms with Crippen LogP contribution in [0, 0.1) is 5.41 Å². The summed E-state index contributed by atoms with van der Waals surface area (Å²) in [4.78, 5) is 4.81. The van der Waals surface area contributed by atoms with Crippen molar-refractivity contribution in [1.82, 2.24) is 5.32 Å². The lowest BCUT2D eigenvalue weighted by Gasteiger charge is -2.38. The lowest BCUT2D eigenvalue weighted by Crippen LogP contribution is -2.37. The first-order valence-corrected chi connectivity index (χ1v) is 8.80. The van der Waals surface area contributed by atoms with Crippen molar-refractivity contribution in [2.24, 2.45) is 10.4 Å². The Morgan fingerprint density at radius 1 is 1.10 bits per heavy atom. The molecule has 1 spiro atoms. The number of amidine groups is 1. The van der Waals surface area contributed by atoms with Gasteiger partial charge in [0.1, 0.15) is 0 Å². The number of hydrogen-bond donors (Lipinski definition) is 1. The molecule has 0 unspecified atom stereocenters. The van der Waals surface area contributed by atoms with E-state index in [1.807, 2.05) is 11.8 Å². The molecule has 1 aliphatic heterocycles. The third kappa shape index (κ3) is 3.57. The van der Waals surface area contributed by atoms with Gasteiger partial charge in [0.15, 0.2) is 5.17 Å². The minimum absolute atomic E-state index is 0.535. The molecule has 108 valence electrons. The van der Waals surface area contributed by atoms with Crippen LogP contribution in [0.25, 0.3) is 0 Å². The quantitative estimate of drug-likeness (QED) is 0.913. The van der Waals surface area contributed by atoms with Gasteiger partial charge in [-0.3, -0.25) is 4.99 Å². The number of thioether (sulfide) groups is 1. The van der Waals surface area contributed by atoms with Crippen molar-refractivity contribution in [3.8, 4) is 0 Å². The molecule has 2 nitrogen and oxygen atoms in total. The predicted octanol–water partition coefficient (Wildman–Crippen LogP) is 3.87. The van der Waals surface area contributed by atoms with Crippen LogP contribution >= 0.6 is 11.8 Å².